The van der Waals surface area contributed by atoms with Gasteiger partial charge in [-0.2, -0.15) is 0 Å². The lowest BCUT2D eigenvalue weighted by molar-refractivity contribution is 0.367. The largest absolute Gasteiger partial charge is 0.371 e. The van der Waals surface area contributed by atoms with Crippen LogP contribution in [0.5, 0.6) is 0 Å². The predicted molar refractivity (Wildman–Crippen MR) is 65.5 cm³/mol. The lowest BCUT2D eigenvalue weighted by atomic mass is 10.3. The minimum absolute atomic E-state index is 0.0721. The van der Waals surface area contributed by atoms with Gasteiger partial charge in [-0.15, -0.1) is 0 Å². The summed E-state index contributed by atoms with van der Waals surface area (Å²) < 4.78 is 11.4. The Bertz CT molecular complexity index is 217. The predicted octanol–water partition coefficient (Wildman–Crippen LogP) is 3.59. The maximum atomic E-state index is 5.98. The van der Waals surface area contributed by atoms with Crippen molar-refractivity contribution in [3.63, 3.8) is 0 Å². The number of hydrogen-bond donors (Lipinski definition) is 0. The maximum absolute atomic E-state index is 5.98. The highest BCUT2D eigenvalue weighted by Crippen LogP contribution is 2.60. The molecule has 1 atom stereocenters. The molecule has 0 saturated carbocycles. The third kappa shape index (κ3) is 4.22. The third-order valence-electron chi connectivity index (χ3n) is 1.46. The molecule has 0 radical (unpaired) electrons. The Morgan fingerprint density at radius 1 is 1.15 bits per heavy atom. The molecule has 0 aromatic rings. The molecule has 0 aliphatic rings. The minimum atomic E-state index is -2.11. The summed E-state index contributed by atoms with van der Waals surface area (Å²) in [5.41, 5.74) is 0. The van der Waals surface area contributed by atoms with Gasteiger partial charge in [0.2, 0.25) is 0 Å². The minimum Gasteiger partial charge on any atom is -0.371 e. The van der Waals surface area contributed by atoms with Crippen LogP contribution in [-0.4, -0.2) is 20.6 Å². The van der Waals surface area contributed by atoms with Crippen molar-refractivity contribution in [1.29, 1.82) is 0 Å². The van der Waals surface area contributed by atoms with E-state index in [1.807, 2.05) is 0 Å². The van der Waals surface area contributed by atoms with Gasteiger partial charge in [-0.3, -0.25) is 0 Å². The summed E-state index contributed by atoms with van der Waals surface area (Å²) in [5.74, 6) is 0. The quantitative estimate of drug-likeness (QED) is 0.555. The van der Waals surface area contributed by atoms with Crippen LogP contribution in [0.15, 0.2) is 0 Å². The summed E-state index contributed by atoms with van der Waals surface area (Å²) in [4.78, 5) is 0. The SMILES string of the molecule is COP(=S)(O[Si](C)(C)C)C(C)(C)C. The van der Waals surface area contributed by atoms with Crippen LogP contribution in [0.4, 0.5) is 0 Å². The van der Waals surface area contributed by atoms with E-state index in [2.05, 4.69) is 40.4 Å². The molecule has 0 amide bonds. The van der Waals surface area contributed by atoms with Gasteiger partial charge in [-0.25, -0.2) is 0 Å². The Hall–Kier alpha value is 0.787. The molecule has 0 spiro atoms. The zero-order valence-electron chi connectivity index (χ0n) is 9.67. The Kier molecular flexibility index (Phi) is 4.36. The number of hydrogen-bond acceptors (Lipinski definition) is 3. The van der Waals surface area contributed by atoms with E-state index >= 15 is 0 Å². The highest BCUT2D eigenvalue weighted by atomic mass is 32.5. The molecule has 2 nitrogen and oxygen atoms in total. The molecule has 0 N–H and O–H groups in total. The monoisotopic (exact) mass is 240 g/mol. The molecule has 0 aliphatic carbocycles. The van der Waals surface area contributed by atoms with E-state index in [9.17, 15) is 0 Å². The first kappa shape index (κ1) is 13.8. The lowest BCUT2D eigenvalue weighted by Gasteiger charge is -2.37. The molecule has 80 valence electrons. The van der Waals surface area contributed by atoms with Gasteiger partial charge in [-0.1, -0.05) is 20.8 Å². The standard InChI is InChI=1S/C8H21O2PSSi/c1-8(2,3)11(12,9-4)10-13(5,6)7/h1-7H3. The van der Waals surface area contributed by atoms with E-state index in [-0.39, 0.29) is 5.16 Å². The van der Waals surface area contributed by atoms with Gasteiger partial charge < -0.3 is 8.74 Å². The Balaban J connectivity index is 4.79. The maximum Gasteiger partial charge on any atom is 0.192 e. The van der Waals surface area contributed by atoms with Gasteiger partial charge in [0.1, 0.15) is 0 Å². The van der Waals surface area contributed by atoms with Gasteiger partial charge in [-0.05, 0) is 31.4 Å². The van der Waals surface area contributed by atoms with Crippen molar-refractivity contribution < 1.29 is 8.74 Å². The highest BCUT2D eigenvalue weighted by molar-refractivity contribution is 8.11. The zero-order chi connectivity index (χ0) is 10.9. The molecule has 1 unspecified atom stereocenters. The van der Waals surface area contributed by atoms with E-state index in [4.69, 9.17) is 20.5 Å². The first-order valence-corrected chi connectivity index (χ1v) is 10.4. The Morgan fingerprint density at radius 2 is 1.54 bits per heavy atom. The Labute approximate surface area is 88.3 Å². The molecule has 13 heavy (non-hydrogen) atoms. The van der Waals surface area contributed by atoms with Crippen molar-refractivity contribution in [2.45, 2.75) is 45.6 Å². The highest BCUT2D eigenvalue weighted by Gasteiger charge is 2.37. The summed E-state index contributed by atoms with van der Waals surface area (Å²) in [7, 11) is 0.0557. The van der Waals surface area contributed by atoms with Crippen LogP contribution in [0.2, 0.25) is 19.6 Å². The first-order valence-electron chi connectivity index (χ1n) is 4.38. The van der Waals surface area contributed by atoms with Crippen LogP contribution >= 0.6 is 6.49 Å². The fourth-order valence-corrected chi connectivity index (χ4v) is 7.65. The van der Waals surface area contributed by atoms with Gasteiger partial charge in [0.25, 0.3) is 0 Å². The van der Waals surface area contributed by atoms with Crippen LogP contribution in [0.1, 0.15) is 20.8 Å². The molecule has 0 bridgehead atoms. The van der Waals surface area contributed by atoms with Crippen LogP contribution in [0.25, 0.3) is 0 Å². The molecule has 0 heterocycles. The van der Waals surface area contributed by atoms with Crippen molar-refractivity contribution in [3.05, 3.63) is 0 Å². The van der Waals surface area contributed by atoms with Crippen molar-refractivity contribution in [1.82, 2.24) is 0 Å². The van der Waals surface area contributed by atoms with Crippen LogP contribution < -0.4 is 0 Å². The molecular formula is C8H21O2PSSi. The third-order valence-corrected chi connectivity index (χ3v) is 9.49. The molecule has 0 aromatic heterocycles. The average Bonchev–Trinajstić information content (AvgIpc) is 1.81. The van der Waals surface area contributed by atoms with Gasteiger partial charge >= 0.3 is 0 Å². The molecule has 5 heteroatoms. The van der Waals surface area contributed by atoms with Crippen molar-refractivity contribution in [3.8, 4) is 0 Å². The van der Waals surface area contributed by atoms with Gasteiger partial charge in [0.05, 0.1) is 0 Å². The van der Waals surface area contributed by atoms with E-state index in [0.717, 1.165) is 0 Å². The fraction of sp³-hybridized carbons (Fsp3) is 1.00. The summed E-state index contributed by atoms with van der Waals surface area (Å²) >= 11 is 5.49. The van der Waals surface area contributed by atoms with Crippen LogP contribution in [-0.2, 0) is 20.5 Å². The zero-order valence-corrected chi connectivity index (χ0v) is 12.4. The van der Waals surface area contributed by atoms with Crippen molar-refractivity contribution in [2.24, 2.45) is 0 Å². The topological polar surface area (TPSA) is 18.5 Å². The number of rotatable bonds is 3. The molecule has 0 fully saturated rings. The molecule has 0 aromatic carbocycles. The summed E-state index contributed by atoms with van der Waals surface area (Å²) in [6.45, 7) is 10.5. The summed E-state index contributed by atoms with van der Waals surface area (Å²) in [5, 5.41) is -0.0721. The average molecular weight is 240 g/mol. The smallest absolute Gasteiger partial charge is 0.192 e. The first-order chi connectivity index (χ1) is 5.52. The molecule has 0 rings (SSSR count). The second kappa shape index (κ2) is 4.11. The Morgan fingerprint density at radius 3 is 1.62 bits per heavy atom. The molecule has 0 saturated heterocycles. The van der Waals surface area contributed by atoms with Crippen LogP contribution in [0, 0.1) is 0 Å². The molecule has 0 aliphatic heterocycles. The normalized spacial score (nSPS) is 18.4. The van der Waals surface area contributed by atoms with E-state index in [0.29, 0.717) is 0 Å². The van der Waals surface area contributed by atoms with Crippen LogP contribution in [0.3, 0.4) is 0 Å². The van der Waals surface area contributed by atoms with E-state index < -0.39 is 14.8 Å². The second-order valence-corrected chi connectivity index (χ2v) is 14.2. The summed E-state index contributed by atoms with van der Waals surface area (Å²) in [6.07, 6.45) is 0. The van der Waals surface area contributed by atoms with Gasteiger partial charge in [0, 0.05) is 12.3 Å². The van der Waals surface area contributed by atoms with Crippen molar-refractivity contribution >= 4 is 26.6 Å². The molecular weight excluding hydrogens is 219 g/mol. The second-order valence-electron chi connectivity index (χ2n) is 5.05. The fourth-order valence-electron chi connectivity index (χ4n) is 0.809. The lowest BCUT2D eigenvalue weighted by Crippen LogP contribution is -2.29. The summed E-state index contributed by atoms with van der Waals surface area (Å²) in [6, 6.07) is 0. The van der Waals surface area contributed by atoms with Gasteiger partial charge in [0.15, 0.2) is 14.8 Å². The van der Waals surface area contributed by atoms with E-state index in [1.165, 1.54) is 0 Å². The van der Waals surface area contributed by atoms with E-state index in [1.54, 1.807) is 7.11 Å². The van der Waals surface area contributed by atoms with Crippen molar-refractivity contribution in [2.75, 3.05) is 7.11 Å².